The molecule has 140 valence electrons. The Kier molecular flexibility index (Phi) is 5.24. The van der Waals surface area contributed by atoms with Crippen LogP contribution >= 0.6 is 0 Å². The Balaban J connectivity index is 1.28. The first kappa shape index (κ1) is 17.7. The average molecular weight is 372 g/mol. The van der Waals surface area contributed by atoms with E-state index in [2.05, 4.69) is 36.6 Å². The number of para-hydroxylation sites is 1. The molecule has 7 nitrogen and oxygen atoms in total. The molecule has 0 radical (unpaired) electrons. The van der Waals surface area contributed by atoms with Crippen molar-refractivity contribution in [1.29, 1.82) is 0 Å². The Bertz CT molecular complexity index is 1060. The van der Waals surface area contributed by atoms with Crippen molar-refractivity contribution in [3.63, 3.8) is 0 Å². The number of hydrogen-bond donors (Lipinski definition) is 3. The molecule has 3 N–H and O–H groups in total. The molecule has 0 unspecified atom stereocenters. The molecule has 4 aromatic rings. The van der Waals surface area contributed by atoms with Crippen LogP contribution in [0.15, 0.2) is 67.3 Å². The van der Waals surface area contributed by atoms with Gasteiger partial charge in [0.15, 0.2) is 0 Å². The van der Waals surface area contributed by atoms with Gasteiger partial charge < -0.3 is 15.6 Å². The van der Waals surface area contributed by atoms with E-state index in [1.807, 2.05) is 42.6 Å². The van der Waals surface area contributed by atoms with E-state index >= 15 is 0 Å². The third-order valence-corrected chi connectivity index (χ3v) is 4.42. The van der Waals surface area contributed by atoms with Crippen molar-refractivity contribution in [2.75, 3.05) is 11.9 Å². The Morgan fingerprint density at radius 2 is 1.82 bits per heavy atom. The molecule has 7 heteroatoms. The molecule has 1 aromatic carbocycles. The fraction of sp³-hybridized carbons (Fsp3) is 0.143. The van der Waals surface area contributed by atoms with Gasteiger partial charge >= 0.3 is 0 Å². The predicted molar refractivity (Wildman–Crippen MR) is 108 cm³/mol. The van der Waals surface area contributed by atoms with E-state index < -0.39 is 0 Å². The van der Waals surface area contributed by atoms with Gasteiger partial charge in [-0.2, -0.15) is 0 Å². The number of pyridine rings is 1. The van der Waals surface area contributed by atoms with E-state index in [0.717, 1.165) is 17.6 Å². The van der Waals surface area contributed by atoms with E-state index in [1.54, 1.807) is 6.20 Å². The number of anilines is 1. The van der Waals surface area contributed by atoms with Crippen molar-refractivity contribution in [3.8, 4) is 0 Å². The topological polar surface area (TPSA) is 95.6 Å². The molecule has 28 heavy (non-hydrogen) atoms. The summed E-state index contributed by atoms with van der Waals surface area (Å²) in [5, 5.41) is 7.19. The van der Waals surface area contributed by atoms with Crippen molar-refractivity contribution in [2.24, 2.45) is 0 Å². The van der Waals surface area contributed by atoms with Crippen molar-refractivity contribution < 1.29 is 4.79 Å². The number of nitrogens with one attached hydrogen (secondary N) is 3. The number of H-pyrrole nitrogens is 1. The number of carbonyl (C=O) groups excluding carboxylic acids is 1. The maximum atomic E-state index is 12.3. The molecule has 1 amide bonds. The number of carbonyl (C=O) groups is 1. The van der Waals surface area contributed by atoms with E-state index in [4.69, 9.17) is 0 Å². The van der Waals surface area contributed by atoms with Gasteiger partial charge in [-0.25, -0.2) is 9.97 Å². The third kappa shape index (κ3) is 4.15. The van der Waals surface area contributed by atoms with Crippen LogP contribution in [0.1, 0.15) is 21.6 Å². The monoisotopic (exact) mass is 372 g/mol. The van der Waals surface area contributed by atoms with Crippen molar-refractivity contribution >= 4 is 22.8 Å². The molecule has 3 aromatic heterocycles. The lowest BCUT2D eigenvalue weighted by Crippen LogP contribution is -2.26. The lowest BCUT2D eigenvalue weighted by atomic mass is 10.1. The van der Waals surface area contributed by atoms with Gasteiger partial charge in [-0.05, 0) is 30.2 Å². The Morgan fingerprint density at radius 3 is 2.64 bits per heavy atom. The first-order valence-corrected chi connectivity index (χ1v) is 9.08. The minimum Gasteiger partial charge on any atom is -0.361 e. The quantitative estimate of drug-likeness (QED) is 0.464. The fourth-order valence-corrected chi connectivity index (χ4v) is 2.96. The van der Waals surface area contributed by atoms with Gasteiger partial charge in [0.25, 0.3) is 5.91 Å². The molecular weight excluding hydrogens is 352 g/mol. The number of hydrogen-bond acceptors (Lipinski definition) is 5. The maximum absolute atomic E-state index is 12.3. The Labute approximate surface area is 162 Å². The average Bonchev–Trinajstić information content (AvgIpc) is 3.16. The van der Waals surface area contributed by atoms with Crippen LogP contribution in [0.25, 0.3) is 10.9 Å². The summed E-state index contributed by atoms with van der Waals surface area (Å²) in [5.41, 5.74) is 3.61. The minimum atomic E-state index is -0.184. The zero-order valence-electron chi connectivity index (χ0n) is 15.2. The highest BCUT2D eigenvalue weighted by Crippen LogP contribution is 2.17. The van der Waals surface area contributed by atoms with E-state index in [9.17, 15) is 4.79 Å². The molecule has 3 heterocycles. The highest BCUT2D eigenvalue weighted by molar-refractivity contribution is 5.93. The number of aromatic nitrogens is 4. The van der Waals surface area contributed by atoms with Crippen molar-refractivity contribution in [2.45, 2.75) is 13.0 Å². The van der Waals surface area contributed by atoms with Crippen LogP contribution < -0.4 is 10.6 Å². The molecule has 4 rings (SSSR count). The van der Waals surface area contributed by atoms with Crippen LogP contribution in [0, 0.1) is 0 Å². The second kappa shape index (κ2) is 8.30. The van der Waals surface area contributed by atoms with Crippen molar-refractivity contribution in [3.05, 3.63) is 84.1 Å². The number of benzene rings is 1. The highest BCUT2D eigenvalue weighted by atomic mass is 16.1. The fourth-order valence-electron chi connectivity index (χ4n) is 2.96. The maximum Gasteiger partial charge on any atom is 0.254 e. The van der Waals surface area contributed by atoms with Gasteiger partial charge in [-0.15, -0.1) is 0 Å². The van der Waals surface area contributed by atoms with Crippen LogP contribution in [-0.2, 0) is 13.0 Å². The highest BCUT2D eigenvalue weighted by Gasteiger charge is 2.08. The molecular formula is C21H20N6O. The Morgan fingerprint density at radius 1 is 1.00 bits per heavy atom. The van der Waals surface area contributed by atoms with Crippen LogP contribution in [-0.4, -0.2) is 32.4 Å². The summed E-state index contributed by atoms with van der Waals surface area (Å²) in [6.45, 7) is 1.07. The lowest BCUT2D eigenvalue weighted by Gasteiger charge is -2.06. The smallest absolute Gasteiger partial charge is 0.254 e. The molecule has 0 atom stereocenters. The zero-order valence-corrected chi connectivity index (χ0v) is 15.2. The molecule has 0 aliphatic carbocycles. The molecule has 0 saturated carbocycles. The van der Waals surface area contributed by atoms with Gasteiger partial charge in [0.05, 0.1) is 17.8 Å². The molecule has 0 saturated heterocycles. The van der Waals surface area contributed by atoms with Crippen LogP contribution in [0.5, 0.6) is 0 Å². The summed E-state index contributed by atoms with van der Waals surface area (Å²) in [5.74, 6) is 0.275. The number of rotatable bonds is 7. The van der Waals surface area contributed by atoms with Gasteiger partial charge in [0.2, 0.25) is 5.95 Å². The summed E-state index contributed by atoms with van der Waals surface area (Å²) >= 11 is 0. The van der Waals surface area contributed by atoms with E-state index in [0.29, 0.717) is 24.6 Å². The molecule has 0 fully saturated rings. The van der Waals surface area contributed by atoms with E-state index in [1.165, 1.54) is 23.3 Å². The first-order chi connectivity index (χ1) is 13.8. The largest absolute Gasteiger partial charge is 0.361 e. The lowest BCUT2D eigenvalue weighted by molar-refractivity contribution is 0.0953. The number of fused-ring (bicyclic) bond motifs is 1. The summed E-state index contributed by atoms with van der Waals surface area (Å²) in [4.78, 5) is 28.2. The van der Waals surface area contributed by atoms with E-state index in [-0.39, 0.29) is 5.91 Å². The summed E-state index contributed by atoms with van der Waals surface area (Å²) in [7, 11) is 0. The number of nitrogens with zero attached hydrogens (tertiary/aromatic N) is 3. The van der Waals surface area contributed by atoms with Gasteiger partial charge in [-0.3, -0.25) is 9.78 Å². The first-order valence-electron chi connectivity index (χ1n) is 9.08. The number of amides is 1. The summed E-state index contributed by atoms with van der Waals surface area (Å²) < 4.78 is 0. The zero-order chi connectivity index (χ0) is 19.2. The normalized spacial score (nSPS) is 10.7. The Hall–Kier alpha value is -3.74. The van der Waals surface area contributed by atoms with Gasteiger partial charge in [0.1, 0.15) is 0 Å². The second-order valence-electron chi connectivity index (χ2n) is 6.34. The molecule has 0 spiro atoms. The van der Waals surface area contributed by atoms with Crippen LogP contribution in [0.4, 0.5) is 5.95 Å². The SMILES string of the molecule is O=C(NCCc1c[nH]c2ccccc12)c1cnc(NCc2ccccn2)nc1. The van der Waals surface area contributed by atoms with Gasteiger partial charge in [-0.1, -0.05) is 24.3 Å². The molecule has 0 aliphatic rings. The molecule has 0 bridgehead atoms. The van der Waals surface area contributed by atoms with Gasteiger partial charge in [0, 0.05) is 42.2 Å². The standard InChI is InChI=1S/C21H20N6O/c28-20(23-10-8-15-11-24-19-7-2-1-6-18(15)19)16-12-25-21(26-13-16)27-14-17-5-3-4-9-22-17/h1-7,9,11-13,24H,8,10,14H2,(H,23,28)(H,25,26,27). The van der Waals surface area contributed by atoms with Crippen LogP contribution in [0.2, 0.25) is 0 Å². The minimum absolute atomic E-state index is 0.184. The third-order valence-electron chi connectivity index (χ3n) is 4.42. The summed E-state index contributed by atoms with van der Waals surface area (Å²) in [6, 6.07) is 13.8. The van der Waals surface area contributed by atoms with Crippen LogP contribution in [0.3, 0.4) is 0 Å². The summed E-state index contributed by atoms with van der Waals surface area (Å²) in [6.07, 6.45) is 7.52. The number of aromatic amines is 1. The molecule has 0 aliphatic heterocycles. The van der Waals surface area contributed by atoms with Crippen molar-refractivity contribution in [1.82, 2.24) is 25.3 Å². The second-order valence-corrected chi connectivity index (χ2v) is 6.34. The predicted octanol–water partition coefficient (Wildman–Crippen LogP) is 2.94.